The van der Waals surface area contributed by atoms with E-state index in [0.29, 0.717) is 10.7 Å². The van der Waals surface area contributed by atoms with E-state index in [1.807, 2.05) is 6.07 Å². The first kappa shape index (κ1) is 14.4. The van der Waals surface area contributed by atoms with E-state index >= 15 is 0 Å². The Bertz CT molecular complexity index is 413. The fourth-order valence-corrected chi connectivity index (χ4v) is 4.98. The molecule has 0 bridgehead atoms. The Kier molecular flexibility index (Phi) is 4.44. The minimum absolute atomic E-state index is 0.180. The average Bonchev–Trinajstić information content (AvgIpc) is 2.28. The van der Waals surface area contributed by atoms with Gasteiger partial charge in [-0.3, -0.25) is 0 Å². The van der Waals surface area contributed by atoms with Gasteiger partial charge in [0.25, 0.3) is 0 Å². The van der Waals surface area contributed by atoms with Crippen molar-refractivity contribution in [3.63, 3.8) is 0 Å². The molecule has 0 saturated heterocycles. The van der Waals surface area contributed by atoms with Gasteiger partial charge >= 0.3 is 0 Å². The molecule has 2 rings (SSSR count). The minimum atomic E-state index is 0.180. The summed E-state index contributed by atoms with van der Waals surface area (Å²) in [5.41, 5.74) is 1.54. The predicted octanol–water partition coefficient (Wildman–Crippen LogP) is 5.82. The van der Waals surface area contributed by atoms with Gasteiger partial charge in [-0.15, -0.1) is 0 Å². The van der Waals surface area contributed by atoms with Crippen LogP contribution in [0, 0.1) is 11.8 Å². The molecular weight excluding hydrogens is 308 g/mol. The van der Waals surface area contributed by atoms with E-state index in [9.17, 15) is 0 Å². The Morgan fingerprint density at radius 1 is 1.28 bits per heavy atom. The van der Waals surface area contributed by atoms with Gasteiger partial charge in [0.1, 0.15) is 0 Å². The molecule has 100 valence electrons. The van der Waals surface area contributed by atoms with Crippen LogP contribution in [-0.2, 0) is 5.41 Å². The van der Waals surface area contributed by atoms with Crippen molar-refractivity contribution < 1.29 is 0 Å². The van der Waals surface area contributed by atoms with Crippen LogP contribution in [0.3, 0.4) is 0 Å². The molecule has 0 aliphatic heterocycles. The van der Waals surface area contributed by atoms with E-state index in [4.69, 9.17) is 11.6 Å². The van der Waals surface area contributed by atoms with Crippen molar-refractivity contribution in [2.75, 3.05) is 0 Å². The Labute approximate surface area is 124 Å². The van der Waals surface area contributed by atoms with Gasteiger partial charge in [0.2, 0.25) is 0 Å². The van der Waals surface area contributed by atoms with Crippen LogP contribution in [0.2, 0.25) is 5.02 Å². The minimum Gasteiger partial charge on any atom is -0.0887 e. The summed E-state index contributed by atoms with van der Waals surface area (Å²) in [7, 11) is 0. The van der Waals surface area contributed by atoms with Gasteiger partial charge in [-0.1, -0.05) is 66.9 Å². The highest BCUT2D eigenvalue weighted by Gasteiger charge is 2.38. The molecule has 3 atom stereocenters. The first-order valence-electron chi connectivity index (χ1n) is 6.81. The molecule has 18 heavy (non-hydrogen) atoms. The molecule has 0 heterocycles. The molecular formula is C16H22BrCl. The van der Waals surface area contributed by atoms with Crippen LogP contribution in [0.15, 0.2) is 24.3 Å². The molecule has 1 aromatic rings. The number of alkyl halides is 1. The molecule has 0 amide bonds. The number of hydrogen-bond acceptors (Lipinski definition) is 0. The molecule has 0 N–H and O–H groups in total. The zero-order chi connectivity index (χ0) is 13.3. The van der Waals surface area contributed by atoms with E-state index in [-0.39, 0.29) is 5.41 Å². The van der Waals surface area contributed by atoms with Crippen LogP contribution < -0.4 is 0 Å². The van der Waals surface area contributed by atoms with Crippen molar-refractivity contribution in [2.45, 2.75) is 50.3 Å². The van der Waals surface area contributed by atoms with Gasteiger partial charge in [-0.2, -0.15) is 0 Å². The molecule has 0 nitrogen and oxygen atoms in total. The molecule has 1 aliphatic rings. The molecule has 1 fully saturated rings. The van der Waals surface area contributed by atoms with Crippen molar-refractivity contribution in [2.24, 2.45) is 11.8 Å². The van der Waals surface area contributed by atoms with Crippen LogP contribution in [0.1, 0.15) is 45.6 Å². The van der Waals surface area contributed by atoms with Crippen molar-refractivity contribution in [3.05, 3.63) is 34.9 Å². The van der Waals surface area contributed by atoms with Gasteiger partial charge in [-0.05, 0) is 47.8 Å². The highest BCUT2D eigenvalue weighted by atomic mass is 79.9. The van der Waals surface area contributed by atoms with Crippen LogP contribution in [0.4, 0.5) is 0 Å². The second-order valence-corrected chi connectivity index (χ2v) is 7.89. The maximum absolute atomic E-state index is 6.14. The lowest BCUT2D eigenvalue weighted by atomic mass is 9.66. The maximum atomic E-state index is 6.14. The van der Waals surface area contributed by atoms with E-state index in [2.05, 4.69) is 54.9 Å². The summed E-state index contributed by atoms with van der Waals surface area (Å²) in [5.74, 6) is 1.54. The monoisotopic (exact) mass is 328 g/mol. The Hall–Kier alpha value is -0.0100. The highest BCUT2D eigenvalue weighted by Crippen LogP contribution is 2.45. The summed E-state index contributed by atoms with van der Waals surface area (Å²) in [4.78, 5) is 0.621. The third-order valence-corrected chi connectivity index (χ3v) is 5.78. The van der Waals surface area contributed by atoms with Crippen molar-refractivity contribution in [3.8, 4) is 0 Å². The fraction of sp³-hybridized carbons (Fsp3) is 0.625. The highest BCUT2D eigenvalue weighted by molar-refractivity contribution is 9.09. The largest absolute Gasteiger partial charge is 0.0887 e. The summed E-state index contributed by atoms with van der Waals surface area (Å²) >= 11 is 10.1. The molecule has 2 heteroatoms. The second-order valence-electron chi connectivity index (χ2n) is 6.27. The topological polar surface area (TPSA) is 0 Å². The van der Waals surface area contributed by atoms with Gasteiger partial charge in [0.15, 0.2) is 0 Å². The van der Waals surface area contributed by atoms with E-state index in [1.165, 1.54) is 24.8 Å². The van der Waals surface area contributed by atoms with Gasteiger partial charge in [0, 0.05) is 9.85 Å². The summed E-state index contributed by atoms with van der Waals surface area (Å²) in [5, 5.41) is 0.843. The second kappa shape index (κ2) is 5.54. The van der Waals surface area contributed by atoms with Crippen molar-refractivity contribution in [1.29, 1.82) is 0 Å². The molecule has 3 unspecified atom stereocenters. The summed E-state index contributed by atoms with van der Waals surface area (Å²) in [6.07, 6.45) is 3.93. The van der Waals surface area contributed by atoms with Crippen LogP contribution in [-0.4, -0.2) is 4.83 Å². The van der Waals surface area contributed by atoms with Gasteiger partial charge < -0.3 is 0 Å². The standard InChI is InChI=1S/C16H22BrCl/c1-11-7-8-14(15(17)9-11)16(2,3)12-5-4-6-13(18)10-12/h4-6,10-11,14-15H,7-9H2,1-3H3. The van der Waals surface area contributed by atoms with Gasteiger partial charge in [-0.25, -0.2) is 0 Å². The Morgan fingerprint density at radius 3 is 2.61 bits per heavy atom. The van der Waals surface area contributed by atoms with Crippen molar-refractivity contribution in [1.82, 2.24) is 0 Å². The maximum Gasteiger partial charge on any atom is 0.0408 e. The van der Waals surface area contributed by atoms with E-state index < -0.39 is 0 Å². The summed E-state index contributed by atoms with van der Waals surface area (Å²) in [6, 6.07) is 8.35. The molecule has 1 saturated carbocycles. The lowest BCUT2D eigenvalue weighted by Crippen LogP contribution is -2.38. The zero-order valence-electron chi connectivity index (χ0n) is 11.4. The third-order valence-electron chi connectivity index (χ3n) is 4.53. The lowest BCUT2D eigenvalue weighted by Gasteiger charge is -2.42. The first-order chi connectivity index (χ1) is 8.41. The van der Waals surface area contributed by atoms with Crippen LogP contribution in [0.25, 0.3) is 0 Å². The summed E-state index contributed by atoms with van der Waals surface area (Å²) < 4.78 is 0. The number of benzene rings is 1. The smallest absolute Gasteiger partial charge is 0.0408 e. The van der Waals surface area contributed by atoms with Crippen LogP contribution >= 0.6 is 27.5 Å². The number of hydrogen-bond donors (Lipinski definition) is 0. The first-order valence-corrected chi connectivity index (χ1v) is 8.10. The molecule has 1 aliphatic carbocycles. The molecule has 1 aromatic carbocycles. The SMILES string of the molecule is CC1CCC(C(C)(C)c2cccc(Cl)c2)C(Br)C1. The van der Waals surface area contributed by atoms with Gasteiger partial charge in [0.05, 0.1) is 0 Å². The van der Waals surface area contributed by atoms with E-state index in [1.54, 1.807) is 0 Å². The number of halogens is 2. The van der Waals surface area contributed by atoms with Crippen molar-refractivity contribution >= 4 is 27.5 Å². The Morgan fingerprint density at radius 2 is 2.00 bits per heavy atom. The zero-order valence-corrected chi connectivity index (χ0v) is 13.8. The molecule has 0 radical (unpaired) electrons. The predicted molar refractivity (Wildman–Crippen MR) is 83.7 cm³/mol. The lowest BCUT2D eigenvalue weighted by molar-refractivity contribution is 0.214. The average molecular weight is 330 g/mol. The van der Waals surface area contributed by atoms with E-state index in [0.717, 1.165) is 10.9 Å². The Balaban J connectivity index is 2.25. The molecule has 0 aromatic heterocycles. The molecule has 0 spiro atoms. The number of rotatable bonds is 2. The summed E-state index contributed by atoms with van der Waals surface area (Å²) in [6.45, 7) is 7.07. The van der Waals surface area contributed by atoms with Crippen LogP contribution in [0.5, 0.6) is 0 Å². The quantitative estimate of drug-likeness (QED) is 0.600. The third kappa shape index (κ3) is 2.93. The fourth-order valence-electron chi connectivity index (χ4n) is 3.23. The normalized spacial score (nSPS) is 29.3.